The largest absolute Gasteiger partial charge is 0.507 e. The smallest absolute Gasteiger partial charge is 0.326 e. The van der Waals surface area contributed by atoms with Crippen LogP contribution in [0.4, 0.5) is 0 Å². The molecule has 3 atom stereocenters. The third kappa shape index (κ3) is 10.5. The molecule has 0 spiro atoms. The average Bonchev–Trinajstić information content (AvgIpc) is 3.21. The van der Waals surface area contributed by atoms with Crippen molar-refractivity contribution in [1.29, 1.82) is 0 Å². The minimum Gasteiger partial charge on any atom is -0.507 e. The molecule has 4 aromatic carbocycles. The van der Waals surface area contributed by atoms with Gasteiger partial charge >= 0.3 is 5.97 Å². The second kappa shape index (κ2) is 18.8. The Morgan fingerprint density at radius 3 is 2.14 bits per heavy atom. The summed E-state index contributed by atoms with van der Waals surface area (Å²) in [5.41, 5.74) is 4.58. The van der Waals surface area contributed by atoms with E-state index in [1.165, 1.54) is 49.0 Å². The van der Waals surface area contributed by atoms with Crippen LogP contribution in [0.3, 0.4) is 0 Å². The van der Waals surface area contributed by atoms with Gasteiger partial charge in [0.15, 0.2) is 0 Å². The molecule has 4 bridgehead atoms. The number of carboxylic acids is 1. The standard InChI is InChI=1S/C43H47N5O9/c1-4-5-6-26-7-10-28(11-8-26)29-12-14-30(15-13-29)41(54)44-22-25(2)40(53)46-24-38(52)48(3)39-31-16-18-36(50)33(21-31)32-19-27(9-17-35(32)49)20-34(43(56)57)47-37(51)23-45-42(39)55/h7-19,21,25,34,39,49-50H,4-6,20,22-24H2,1-3H3,(H,44,54)(H,45,55)(H,46,53)(H,47,51)(H,56,57)/t25-,34+,39+/m1/s1. The minimum absolute atomic E-state index is 0.0180. The predicted octanol–water partition coefficient (Wildman–Crippen LogP) is 3.70. The third-order valence-corrected chi connectivity index (χ3v) is 9.90. The molecule has 0 aliphatic carbocycles. The molecule has 7 N–H and O–H groups in total. The lowest BCUT2D eigenvalue weighted by atomic mass is 9.94. The van der Waals surface area contributed by atoms with Crippen molar-refractivity contribution in [3.05, 3.63) is 107 Å². The Kier molecular flexibility index (Phi) is 13.6. The van der Waals surface area contributed by atoms with E-state index in [4.69, 9.17) is 0 Å². The van der Waals surface area contributed by atoms with E-state index in [0.29, 0.717) is 11.1 Å². The van der Waals surface area contributed by atoms with Crippen molar-refractivity contribution < 1.29 is 44.1 Å². The number of aromatic hydroxyl groups is 2. The van der Waals surface area contributed by atoms with Gasteiger partial charge in [-0.1, -0.05) is 68.8 Å². The molecule has 298 valence electrons. The van der Waals surface area contributed by atoms with E-state index in [1.807, 2.05) is 12.1 Å². The van der Waals surface area contributed by atoms with Crippen molar-refractivity contribution in [2.45, 2.75) is 51.6 Å². The van der Waals surface area contributed by atoms with E-state index in [0.717, 1.165) is 35.3 Å². The number of benzene rings is 4. The highest BCUT2D eigenvalue weighted by Gasteiger charge is 2.31. The predicted molar refractivity (Wildman–Crippen MR) is 212 cm³/mol. The summed E-state index contributed by atoms with van der Waals surface area (Å²) in [4.78, 5) is 78.8. The Balaban J connectivity index is 1.23. The number of carbonyl (C=O) groups excluding carboxylic acids is 5. The topological polar surface area (TPSA) is 214 Å². The van der Waals surface area contributed by atoms with Crippen LogP contribution in [0.5, 0.6) is 11.5 Å². The zero-order valence-electron chi connectivity index (χ0n) is 32.0. The molecule has 5 rings (SSSR count). The van der Waals surface area contributed by atoms with Gasteiger partial charge in [-0.25, -0.2) is 4.79 Å². The van der Waals surface area contributed by atoms with Crippen LogP contribution in [0, 0.1) is 5.92 Å². The van der Waals surface area contributed by atoms with Crippen LogP contribution in [-0.4, -0.2) is 88.4 Å². The van der Waals surface area contributed by atoms with Gasteiger partial charge in [0.1, 0.15) is 23.6 Å². The number of carboxylic acid groups (broad SMARTS) is 1. The average molecular weight is 778 g/mol. The summed E-state index contributed by atoms with van der Waals surface area (Å²) in [7, 11) is 1.32. The first kappa shape index (κ1) is 41.5. The molecule has 0 saturated heterocycles. The molecule has 0 aromatic heterocycles. The molecule has 0 radical (unpaired) electrons. The number of aliphatic carboxylic acids is 1. The van der Waals surface area contributed by atoms with Crippen molar-refractivity contribution in [3.63, 3.8) is 0 Å². The molecular weight excluding hydrogens is 730 g/mol. The Hall–Kier alpha value is -6.70. The lowest BCUT2D eigenvalue weighted by Gasteiger charge is -2.29. The fraction of sp³-hybridized carbons (Fsp3) is 0.302. The Bertz CT molecular complexity index is 2140. The summed E-state index contributed by atoms with van der Waals surface area (Å²) < 4.78 is 0. The maximum atomic E-state index is 13.6. The second-order valence-corrected chi connectivity index (χ2v) is 14.1. The number of unbranched alkanes of at least 4 members (excludes halogenated alkanes) is 1. The quantitative estimate of drug-likeness (QED) is 0.112. The summed E-state index contributed by atoms with van der Waals surface area (Å²) >= 11 is 0. The molecule has 1 aliphatic heterocycles. The fourth-order valence-electron chi connectivity index (χ4n) is 6.47. The highest BCUT2D eigenvalue weighted by Crippen LogP contribution is 2.38. The maximum absolute atomic E-state index is 13.6. The number of carbonyl (C=O) groups is 6. The molecule has 14 nitrogen and oxygen atoms in total. The van der Waals surface area contributed by atoms with E-state index in [9.17, 15) is 44.1 Å². The van der Waals surface area contributed by atoms with Crippen LogP contribution < -0.4 is 21.3 Å². The number of hydrogen-bond donors (Lipinski definition) is 7. The summed E-state index contributed by atoms with van der Waals surface area (Å²) in [6.45, 7) is 2.60. The highest BCUT2D eigenvalue weighted by atomic mass is 16.4. The number of fused-ring (bicyclic) bond motifs is 5. The Morgan fingerprint density at radius 1 is 0.860 bits per heavy atom. The van der Waals surface area contributed by atoms with E-state index in [-0.39, 0.29) is 47.1 Å². The van der Waals surface area contributed by atoms with Gasteiger partial charge in [-0.15, -0.1) is 0 Å². The molecule has 5 amide bonds. The molecule has 1 aliphatic rings. The number of phenolic OH excluding ortho intramolecular Hbond substituents is 2. The molecule has 14 heteroatoms. The first-order chi connectivity index (χ1) is 27.2. The number of phenols is 2. The van der Waals surface area contributed by atoms with Crippen molar-refractivity contribution in [1.82, 2.24) is 26.2 Å². The Morgan fingerprint density at radius 2 is 1.49 bits per heavy atom. The number of amides is 5. The molecule has 0 fully saturated rings. The third-order valence-electron chi connectivity index (χ3n) is 9.90. The van der Waals surface area contributed by atoms with Crippen LogP contribution in [-0.2, 0) is 36.8 Å². The number of likely N-dealkylation sites (N-methyl/N-ethyl adjacent to an activating group) is 1. The van der Waals surface area contributed by atoms with Gasteiger partial charge in [-0.05, 0) is 77.1 Å². The normalized spacial score (nSPS) is 15.9. The van der Waals surface area contributed by atoms with Gasteiger partial charge in [0, 0.05) is 36.7 Å². The zero-order valence-corrected chi connectivity index (χ0v) is 32.0. The Labute approximate surface area is 330 Å². The molecule has 1 heterocycles. The van der Waals surface area contributed by atoms with Crippen molar-refractivity contribution in [3.8, 4) is 33.8 Å². The van der Waals surface area contributed by atoms with Gasteiger partial charge < -0.3 is 41.5 Å². The second-order valence-electron chi connectivity index (χ2n) is 14.1. The lowest BCUT2D eigenvalue weighted by Crippen LogP contribution is -2.50. The van der Waals surface area contributed by atoms with Crippen molar-refractivity contribution >= 4 is 35.5 Å². The maximum Gasteiger partial charge on any atom is 0.326 e. The van der Waals surface area contributed by atoms with Crippen LogP contribution >= 0.6 is 0 Å². The number of aryl methyl sites for hydroxylation is 1. The zero-order chi connectivity index (χ0) is 41.2. The number of rotatable bonds is 12. The minimum atomic E-state index is -1.39. The van der Waals surface area contributed by atoms with Crippen molar-refractivity contribution in [2.75, 3.05) is 26.7 Å². The fourth-order valence-corrected chi connectivity index (χ4v) is 6.47. The van der Waals surface area contributed by atoms with Crippen LogP contribution in [0.15, 0.2) is 84.9 Å². The van der Waals surface area contributed by atoms with E-state index in [2.05, 4.69) is 52.5 Å². The van der Waals surface area contributed by atoms with E-state index >= 15 is 0 Å². The molecule has 57 heavy (non-hydrogen) atoms. The van der Waals surface area contributed by atoms with Gasteiger partial charge in [0.05, 0.1) is 19.0 Å². The molecule has 4 aromatic rings. The van der Waals surface area contributed by atoms with Gasteiger partial charge in [-0.2, -0.15) is 0 Å². The number of nitrogens with zero attached hydrogens (tertiary/aromatic N) is 1. The van der Waals surface area contributed by atoms with Crippen LogP contribution in [0.1, 0.15) is 59.8 Å². The van der Waals surface area contributed by atoms with E-state index < -0.39 is 60.7 Å². The summed E-state index contributed by atoms with van der Waals surface area (Å²) in [5, 5.41) is 41.3. The lowest BCUT2D eigenvalue weighted by molar-refractivity contribution is -0.142. The monoisotopic (exact) mass is 777 g/mol. The summed E-state index contributed by atoms with van der Waals surface area (Å²) in [5.74, 6) is -5.75. The van der Waals surface area contributed by atoms with Gasteiger partial charge in [0.2, 0.25) is 23.6 Å². The number of hydrogen-bond acceptors (Lipinski definition) is 8. The summed E-state index contributed by atoms with van der Waals surface area (Å²) in [6, 6.07) is 21.1. The summed E-state index contributed by atoms with van der Waals surface area (Å²) in [6.07, 6.45) is 3.15. The first-order valence-electron chi connectivity index (χ1n) is 18.7. The molecule has 0 saturated carbocycles. The first-order valence-corrected chi connectivity index (χ1v) is 18.7. The molecular formula is C43H47N5O9. The van der Waals surface area contributed by atoms with Crippen LogP contribution in [0.2, 0.25) is 0 Å². The number of nitrogens with one attached hydrogen (secondary N) is 4. The van der Waals surface area contributed by atoms with E-state index in [1.54, 1.807) is 19.1 Å². The highest BCUT2D eigenvalue weighted by molar-refractivity contribution is 5.96. The SMILES string of the molecule is CCCCc1ccc(-c2ccc(C(=O)NC[C@@H](C)C(=O)NCC(=O)N(C)[C@@H]3C(=O)NCC(=O)N[C@H](C(=O)O)Cc4ccc(O)c(c4)-c4cc3ccc4O)cc2)cc1. The van der Waals surface area contributed by atoms with Crippen LogP contribution in [0.25, 0.3) is 22.3 Å². The van der Waals surface area contributed by atoms with Gasteiger partial charge in [-0.3, -0.25) is 24.0 Å². The van der Waals surface area contributed by atoms with Crippen molar-refractivity contribution in [2.24, 2.45) is 5.92 Å². The van der Waals surface area contributed by atoms with Gasteiger partial charge in [0.25, 0.3) is 5.91 Å². The molecule has 0 unspecified atom stereocenters.